The van der Waals surface area contributed by atoms with E-state index in [1.54, 1.807) is 38.3 Å². The van der Waals surface area contributed by atoms with Gasteiger partial charge in [-0.15, -0.1) is 0 Å². The molecule has 3 rings (SSSR count). The van der Waals surface area contributed by atoms with Gasteiger partial charge in [0.05, 0.1) is 23.4 Å². The first-order valence-corrected chi connectivity index (χ1v) is 12.2. The van der Waals surface area contributed by atoms with Crippen LogP contribution >= 0.6 is 0 Å². The fourth-order valence-electron chi connectivity index (χ4n) is 3.46. The maximum Gasteiger partial charge on any atom is 0.264 e. The number of para-hydroxylation sites is 1. The van der Waals surface area contributed by atoms with Crippen LogP contribution in [0, 0.1) is 0 Å². The maximum atomic E-state index is 13.2. The van der Waals surface area contributed by atoms with Gasteiger partial charge < -0.3 is 10.1 Å². The summed E-state index contributed by atoms with van der Waals surface area (Å²) in [5.41, 5.74) is 2.46. The normalized spacial score (nSPS) is 11.7. The van der Waals surface area contributed by atoms with Gasteiger partial charge in [0.1, 0.15) is 5.75 Å². The zero-order valence-corrected chi connectivity index (χ0v) is 20.4. The van der Waals surface area contributed by atoms with Gasteiger partial charge in [-0.3, -0.25) is 9.10 Å². The molecule has 7 heteroatoms. The standard InChI is InChI=1S/C26H30N2O4S/c1-6-28(21-10-8-7-9-11-21)33(30,31)22-15-12-19(13-16-22)25(29)27-23-18-20(26(2,3)4)14-17-24(23)32-5/h7-18H,6H2,1-5H3,(H,27,29). The quantitative estimate of drug-likeness (QED) is 0.502. The van der Waals surface area contributed by atoms with Crippen molar-refractivity contribution < 1.29 is 17.9 Å². The van der Waals surface area contributed by atoms with Crippen LogP contribution in [0.4, 0.5) is 11.4 Å². The van der Waals surface area contributed by atoms with Crippen molar-refractivity contribution >= 4 is 27.3 Å². The number of benzene rings is 3. The summed E-state index contributed by atoms with van der Waals surface area (Å²) in [6.07, 6.45) is 0. The lowest BCUT2D eigenvalue weighted by Crippen LogP contribution is -2.30. The summed E-state index contributed by atoms with van der Waals surface area (Å²) in [7, 11) is -2.21. The lowest BCUT2D eigenvalue weighted by atomic mass is 9.87. The van der Waals surface area contributed by atoms with Gasteiger partial charge in [-0.2, -0.15) is 0 Å². The van der Waals surface area contributed by atoms with Crippen LogP contribution in [-0.4, -0.2) is 28.0 Å². The monoisotopic (exact) mass is 466 g/mol. The van der Waals surface area contributed by atoms with Gasteiger partial charge in [0.15, 0.2) is 0 Å². The molecule has 0 atom stereocenters. The van der Waals surface area contributed by atoms with Crippen molar-refractivity contribution in [2.75, 3.05) is 23.3 Å². The molecule has 0 saturated heterocycles. The van der Waals surface area contributed by atoms with Crippen molar-refractivity contribution in [3.8, 4) is 5.75 Å². The second-order valence-electron chi connectivity index (χ2n) is 8.65. The van der Waals surface area contributed by atoms with E-state index in [1.165, 1.54) is 28.6 Å². The van der Waals surface area contributed by atoms with Crippen molar-refractivity contribution in [2.45, 2.75) is 38.0 Å². The van der Waals surface area contributed by atoms with Crippen molar-refractivity contribution in [3.05, 3.63) is 83.9 Å². The highest BCUT2D eigenvalue weighted by Gasteiger charge is 2.24. The Morgan fingerprint density at radius 2 is 1.61 bits per heavy atom. The van der Waals surface area contributed by atoms with Crippen LogP contribution in [0.25, 0.3) is 0 Å². The Hall–Kier alpha value is -3.32. The number of rotatable bonds is 7. The van der Waals surface area contributed by atoms with E-state index >= 15 is 0 Å². The summed E-state index contributed by atoms with van der Waals surface area (Å²) < 4.78 is 33.1. The Kier molecular flexibility index (Phi) is 7.12. The minimum absolute atomic E-state index is 0.0916. The second-order valence-corrected chi connectivity index (χ2v) is 10.5. The Morgan fingerprint density at radius 1 is 0.970 bits per heavy atom. The molecule has 3 aromatic carbocycles. The number of hydrogen-bond donors (Lipinski definition) is 1. The Labute approximate surface area is 196 Å². The van der Waals surface area contributed by atoms with Gasteiger partial charge in [0.25, 0.3) is 15.9 Å². The number of ether oxygens (including phenoxy) is 1. The molecule has 1 amide bonds. The average Bonchev–Trinajstić information content (AvgIpc) is 2.79. The number of nitrogens with one attached hydrogen (secondary N) is 1. The molecule has 0 saturated carbocycles. The van der Waals surface area contributed by atoms with Crippen molar-refractivity contribution in [2.24, 2.45) is 0 Å². The molecule has 0 radical (unpaired) electrons. The highest BCUT2D eigenvalue weighted by Crippen LogP contribution is 2.32. The van der Waals surface area contributed by atoms with Crippen LogP contribution in [0.3, 0.4) is 0 Å². The third-order valence-electron chi connectivity index (χ3n) is 5.35. The number of hydrogen-bond acceptors (Lipinski definition) is 4. The van der Waals surface area contributed by atoms with Gasteiger partial charge in [0.2, 0.25) is 0 Å². The smallest absolute Gasteiger partial charge is 0.264 e. The molecule has 1 N–H and O–H groups in total. The van der Waals surface area contributed by atoms with Crippen LogP contribution in [0.5, 0.6) is 5.75 Å². The molecule has 0 aliphatic heterocycles. The molecule has 0 aromatic heterocycles. The number of methoxy groups -OCH3 is 1. The van der Waals surface area contributed by atoms with E-state index in [0.717, 1.165) is 5.56 Å². The van der Waals surface area contributed by atoms with Crippen LogP contribution < -0.4 is 14.4 Å². The first-order valence-electron chi connectivity index (χ1n) is 10.8. The van der Waals surface area contributed by atoms with Crippen LogP contribution in [0.15, 0.2) is 77.7 Å². The average molecular weight is 467 g/mol. The Morgan fingerprint density at radius 3 is 2.15 bits per heavy atom. The van der Waals surface area contributed by atoms with Crippen LogP contribution in [-0.2, 0) is 15.4 Å². The van der Waals surface area contributed by atoms with Crippen molar-refractivity contribution in [1.82, 2.24) is 0 Å². The second kappa shape index (κ2) is 9.67. The zero-order chi connectivity index (χ0) is 24.2. The van der Waals surface area contributed by atoms with Crippen LogP contribution in [0.2, 0.25) is 0 Å². The molecule has 33 heavy (non-hydrogen) atoms. The minimum Gasteiger partial charge on any atom is -0.495 e. The summed E-state index contributed by atoms with van der Waals surface area (Å²) in [4.78, 5) is 13.0. The van der Waals surface area contributed by atoms with Gasteiger partial charge in [-0.25, -0.2) is 8.42 Å². The predicted molar refractivity (Wildman–Crippen MR) is 133 cm³/mol. The van der Waals surface area contributed by atoms with Crippen molar-refractivity contribution in [1.29, 1.82) is 0 Å². The molecule has 0 aliphatic carbocycles. The molecular formula is C26H30N2O4S. The van der Waals surface area contributed by atoms with Crippen molar-refractivity contribution in [3.63, 3.8) is 0 Å². The van der Waals surface area contributed by atoms with E-state index in [1.807, 2.05) is 24.3 Å². The molecule has 3 aromatic rings. The first kappa shape index (κ1) is 24.3. The van der Waals surface area contributed by atoms with Gasteiger partial charge in [-0.05, 0) is 66.4 Å². The summed E-state index contributed by atoms with van der Waals surface area (Å²) >= 11 is 0. The molecule has 0 aliphatic rings. The number of nitrogens with zero attached hydrogens (tertiary/aromatic N) is 1. The predicted octanol–water partition coefficient (Wildman–Crippen LogP) is 5.46. The van der Waals surface area contributed by atoms with E-state index in [-0.39, 0.29) is 16.2 Å². The topological polar surface area (TPSA) is 75.7 Å². The van der Waals surface area contributed by atoms with Gasteiger partial charge in [0, 0.05) is 12.1 Å². The molecule has 0 heterocycles. The number of carbonyl (C=O) groups excluding carboxylic acids is 1. The number of amides is 1. The first-order chi connectivity index (χ1) is 15.6. The third kappa shape index (κ3) is 5.37. The molecule has 6 nitrogen and oxygen atoms in total. The highest BCUT2D eigenvalue weighted by molar-refractivity contribution is 7.92. The van der Waals surface area contributed by atoms with E-state index in [2.05, 4.69) is 26.1 Å². The summed E-state index contributed by atoms with van der Waals surface area (Å²) in [5.74, 6) is 0.204. The summed E-state index contributed by atoms with van der Waals surface area (Å²) in [6, 6.07) is 20.6. The van der Waals surface area contributed by atoms with E-state index < -0.39 is 10.0 Å². The summed E-state index contributed by atoms with van der Waals surface area (Å²) in [6.45, 7) is 8.35. The highest BCUT2D eigenvalue weighted by atomic mass is 32.2. The van der Waals surface area contributed by atoms with Crippen LogP contribution in [0.1, 0.15) is 43.6 Å². The van der Waals surface area contributed by atoms with E-state index in [9.17, 15) is 13.2 Å². The number of carbonyl (C=O) groups is 1. The molecule has 174 valence electrons. The molecular weight excluding hydrogens is 436 g/mol. The Balaban J connectivity index is 1.85. The largest absolute Gasteiger partial charge is 0.495 e. The number of anilines is 2. The minimum atomic E-state index is -3.76. The zero-order valence-electron chi connectivity index (χ0n) is 19.6. The molecule has 0 fully saturated rings. The fraction of sp³-hybridized carbons (Fsp3) is 0.269. The molecule has 0 spiro atoms. The molecule has 0 unspecified atom stereocenters. The van der Waals surface area contributed by atoms with E-state index in [4.69, 9.17) is 4.74 Å². The Bertz CT molecular complexity index is 1220. The molecule has 0 bridgehead atoms. The SMILES string of the molecule is CCN(c1ccccc1)S(=O)(=O)c1ccc(C(=O)Nc2cc(C(C)(C)C)ccc2OC)cc1. The fourth-order valence-corrected chi connectivity index (χ4v) is 4.93. The lowest BCUT2D eigenvalue weighted by Gasteiger charge is -2.23. The van der Waals surface area contributed by atoms with Gasteiger partial charge in [-0.1, -0.05) is 45.0 Å². The number of sulfonamides is 1. The summed E-state index contributed by atoms with van der Waals surface area (Å²) in [5, 5.41) is 2.88. The van der Waals surface area contributed by atoms with Gasteiger partial charge >= 0.3 is 0 Å². The maximum absolute atomic E-state index is 13.2. The van der Waals surface area contributed by atoms with E-state index in [0.29, 0.717) is 29.2 Å². The lowest BCUT2D eigenvalue weighted by molar-refractivity contribution is 0.102. The third-order valence-corrected chi connectivity index (χ3v) is 7.27.